The van der Waals surface area contributed by atoms with Gasteiger partial charge in [-0.1, -0.05) is 19.6 Å². The normalized spacial score (nSPS) is 14.1. The molecule has 0 bridgehead atoms. The Morgan fingerprint density at radius 2 is 1.90 bits per heavy atom. The van der Waals surface area contributed by atoms with Crippen molar-refractivity contribution in [2.75, 3.05) is 0 Å². The Hall–Kier alpha value is -0.926. The molecule has 1 rings (SSSR count). The quantitative estimate of drug-likeness (QED) is 0.815. The van der Waals surface area contributed by atoms with E-state index in [9.17, 15) is 4.79 Å². The highest BCUT2D eigenvalue weighted by atomic mass is 28.4. The monoisotopic (exact) mass is 327 g/mol. The highest BCUT2D eigenvalue weighted by molar-refractivity contribution is 6.74. The van der Waals surface area contributed by atoms with Crippen LogP contribution in [0.2, 0.25) is 39.3 Å². The largest absolute Gasteiger partial charge is 0.519 e. The third-order valence-corrected chi connectivity index (χ3v) is 4.99. The summed E-state index contributed by atoms with van der Waals surface area (Å²) in [6, 6.07) is -0.294. The first kappa shape index (κ1) is 18.1. The van der Waals surface area contributed by atoms with Crippen molar-refractivity contribution < 1.29 is 9.22 Å². The van der Waals surface area contributed by atoms with Crippen LogP contribution in [0.15, 0.2) is 6.33 Å². The summed E-state index contributed by atoms with van der Waals surface area (Å²) in [6.45, 7) is 14.7. The molecule has 21 heavy (non-hydrogen) atoms. The summed E-state index contributed by atoms with van der Waals surface area (Å²) < 4.78 is 7.69. The van der Waals surface area contributed by atoms with E-state index in [1.807, 2.05) is 38.2 Å². The van der Waals surface area contributed by atoms with E-state index in [1.54, 1.807) is 6.33 Å². The summed E-state index contributed by atoms with van der Waals surface area (Å²) in [6.07, 6.45) is 2.41. The van der Waals surface area contributed by atoms with Gasteiger partial charge in [0.25, 0.3) is 0 Å². The lowest BCUT2D eigenvalue weighted by Crippen LogP contribution is -2.54. The molecule has 120 valence electrons. The maximum absolute atomic E-state index is 12.5. The second kappa shape index (κ2) is 6.45. The third-order valence-electron chi connectivity index (χ3n) is 2.96. The molecular formula is C14H29N3O2Si2. The molecule has 0 fully saturated rings. The molecule has 0 saturated heterocycles. The van der Waals surface area contributed by atoms with E-state index in [0.29, 0.717) is 6.42 Å². The topological polar surface area (TPSA) is 56.2 Å². The first-order chi connectivity index (χ1) is 9.39. The molecule has 0 amide bonds. The number of hydrogen-bond acceptors (Lipinski definition) is 4. The molecule has 1 heterocycles. The zero-order valence-electron chi connectivity index (χ0n) is 14.6. The van der Waals surface area contributed by atoms with Crippen molar-refractivity contribution in [3.8, 4) is 0 Å². The second-order valence-electron chi connectivity index (χ2n) is 7.57. The Labute approximate surface area is 130 Å². The Morgan fingerprint density at radius 3 is 2.29 bits per heavy atom. The van der Waals surface area contributed by atoms with Crippen LogP contribution in [0.25, 0.3) is 0 Å². The van der Waals surface area contributed by atoms with Crippen LogP contribution in [0.4, 0.5) is 0 Å². The van der Waals surface area contributed by atoms with Gasteiger partial charge in [0.2, 0.25) is 8.32 Å². The Bertz CT molecular complexity index is 482. The molecule has 7 heteroatoms. The summed E-state index contributed by atoms with van der Waals surface area (Å²) in [4.78, 5) is 20.3. The number of hydrogen-bond donors (Lipinski definition) is 1. The van der Waals surface area contributed by atoms with E-state index in [-0.39, 0.29) is 12.0 Å². The van der Waals surface area contributed by atoms with Gasteiger partial charge in [0.15, 0.2) is 0 Å². The number of nitrogens with zero attached hydrogens (tertiary/aromatic N) is 2. The molecule has 0 saturated carbocycles. The Kier molecular flexibility index (Phi) is 5.57. The molecule has 1 aromatic rings. The van der Waals surface area contributed by atoms with Crippen molar-refractivity contribution in [1.82, 2.24) is 14.5 Å². The molecule has 1 atom stereocenters. The fraction of sp³-hybridized carbons (Fsp3) is 0.714. The first-order valence-corrected chi connectivity index (χ1v) is 14.3. The predicted molar refractivity (Wildman–Crippen MR) is 91.4 cm³/mol. The summed E-state index contributed by atoms with van der Waals surface area (Å²) in [5.74, 6) is -0.128. The van der Waals surface area contributed by atoms with E-state index in [1.165, 1.54) is 0 Å². The highest BCUT2D eigenvalue weighted by Crippen LogP contribution is 2.13. The molecular weight excluding hydrogens is 298 g/mol. The SMILES string of the molecule is Cc1ncn(C)c1CC(N[Si](C)(C)C)C(=O)O[Si](C)(C)C. The van der Waals surface area contributed by atoms with Crippen molar-refractivity contribution in [2.45, 2.75) is 58.7 Å². The number of aryl methyl sites for hydroxylation is 2. The van der Waals surface area contributed by atoms with Crippen LogP contribution >= 0.6 is 0 Å². The fourth-order valence-electron chi connectivity index (χ4n) is 2.15. The van der Waals surface area contributed by atoms with Gasteiger partial charge >= 0.3 is 5.97 Å². The maximum atomic E-state index is 12.5. The molecule has 1 N–H and O–H groups in total. The van der Waals surface area contributed by atoms with Gasteiger partial charge in [-0.2, -0.15) is 0 Å². The Balaban J connectivity index is 2.95. The standard InChI is InChI=1S/C14H29N3O2Si2/c1-11-13(17(2)10-15-11)9-12(16-20(3,4)5)14(18)19-21(6,7)8/h10,12,16H,9H2,1-8H3. The van der Waals surface area contributed by atoms with Crippen molar-refractivity contribution >= 4 is 22.5 Å². The number of nitrogens with one attached hydrogen (secondary N) is 1. The van der Waals surface area contributed by atoms with Gasteiger partial charge in [0.05, 0.1) is 12.0 Å². The lowest BCUT2D eigenvalue weighted by molar-refractivity contribution is -0.137. The number of aromatic nitrogens is 2. The minimum atomic E-state index is -1.88. The van der Waals surface area contributed by atoms with Crippen LogP contribution in [0.3, 0.4) is 0 Å². The van der Waals surface area contributed by atoms with Crippen LogP contribution in [0, 0.1) is 6.92 Å². The second-order valence-corrected chi connectivity index (χ2v) is 16.8. The first-order valence-electron chi connectivity index (χ1n) is 7.36. The summed E-state index contributed by atoms with van der Waals surface area (Å²) in [7, 11) is -1.51. The van der Waals surface area contributed by atoms with Gasteiger partial charge in [0, 0.05) is 19.2 Å². The number of rotatable bonds is 6. The molecule has 0 radical (unpaired) electrons. The van der Waals surface area contributed by atoms with Gasteiger partial charge in [-0.3, -0.25) is 4.79 Å². The highest BCUT2D eigenvalue weighted by Gasteiger charge is 2.31. The van der Waals surface area contributed by atoms with E-state index in [2.05, 4.69) is 29.6 Å². The van der Waals surface area contributed by atoms with E-state index in [4.69, 9.17) is 4.43 Å². The maximum Gasteiger partial charge on any atom is 0.309 e. The third kappa shape index (κ3) is 6.15. The number of carbonyl (C=O) groups excluding carboxylic acids is 1. The minimum Gasteiger partial charge on any atom is -0.519 e. The fourth-order valence-corrected chi connectivity index (χ4v) is 4.16. The van der Waals surface area contributed by atoms with Gasteiger partial charge in [0.1, 0.15) is 14.3 Å². The molecule has 5 nitrogen and oxygen atoms in total. The predicted octanol–water partition coefficient (Wildman–Crippen LogP) is 2.44. The van der Waals surface area contributed by atoms with Crippen molar-refractivity contribution in [1.29, 1.82) is 0 Å². The number of carbonyl (C=O) groups is 1. The minimum absolute atomic E-state index is 0.128. The summed E-state index contributed by atoms with van der Waals surface area (Å²) >= 11 is 0. The van der Waals surface area contributed by atoms with Crippen molar-refractivity contribution in [2.24, 2.45) is 7.05 Å². The lowest BCUT2D eigenvalue weighted by Gasteiger charge is -2.29. The van der Waals surface area contributed by atoms with E-state index >= 15 is 0 Å². The molecule has 0 aliphatic carbocycles. The zero-order chi connectivity index (χ0) is 16.4. The van der Waals surface area contributed by atoms with Crippen LogP contribution < -0.4 is 4.98 Å². The van der Waals surface area contributed by atoms with Crippen molar-refractivity contribution in [3.05, 3.63) is 17.7 Å². The van der Waals surface area contributed by atoms with Crippen LogP contribution in [-0.2, 0) is 22.7 Å². The lowest BCUT2D eigenvalue weighted by atomic mass is 10.1. The van der Waals surface area contributed by atoms with Crippen LogP contribution in [-0.4, -0.2) is 38.1 Å². The van der Waals surface area contributed by atoms with E-state index in [0.717, 1.165) is 11.4 Å². The van der Waals surface area contributed by atoms with Crippen LogP contribution in [0.5, 0.6) is 0 Å². The molecule has 0 aliphatic heterocycles. The summed E-state index contributed by atoms with van der Waals surface area (Å²) in [5, 5.41) is 0. The average Bonchev–Trinajstić information content (AvgIpc) is 2.55. The van der Waals surface area contributed by atoms with Crippen LogP contribution in [0.1, 0.15) is 11.4 Å². The van der Waals surface area contributed by atoms with Gasteiger partial charge in [-0.15, -0.1) is 0 Å². The Morgan fingerprint density at radius 1 is 1.33 bits per heavy atom. The molecule has 1 aromatic heterocycles. The zero-order valence-corrected chi connectivity index (χ0v) is 16.6. The molecule has 0 spiro atoms. The molecule has 0 aliphatic rings. The van der Waals surface area contributed by atoms with E-state index < -0.39 is 16.6 Å². The summed E-state index contributed by atoms with van der Waals surface area (Å²) in [5.41, 5.74) is 2.05. The van der Waals surface area contributed by atoms with Gasteiger partial charge < -0.3 is 14.0 Å². The average molecular weight is 328 g/mol. The smallest absolute Gasteiger partial charge is 0.309 e. The number of imidazole rings is 1. The molecule has 0 aromatic carbocycles. The van der Waals surface area contributed by atoms with Gasteiger partial charge in [-0.25, -0.2) is 4.98 Å². The molecule has 1 unspecified atom stereocenters. The van der Waals surface area contributed by atoms with Crippen molar-refractivity contribution in [3.63, 3.8) is 0 Å². The van der Waals surface area contributed by atoms with Gasteiger partial charge in [-0.05, 0) is 26.6 Å².